The molecule has 0 fully saturated rings. The lowest BCUT2D eigenvalue weighted by atomic mass is 10.3. The van der Waals surface area contributed by atoms with Crippen LogP contribution in [-0.2, 0) is 11.1 Å². The van der Waals surface area contributed by atoms with Gasteiger partial charge in [-0.05, 0) is 34.1 Å². The molecule has 1 rings (SSSR count). The van der Waals surface area contributed by atoms with Crippen LogP contribution in [0.1, 0.15) is 0 Å². The van der Waals surface area contributed by atoms with Gasteiger partial charge in [-0.1, -0.05) is 31.9 Å². The van der Waals surface area contributed by atoms with Crippen LogP contribution in [0, 0.1) is 0 Å². The smallest absolute Gasteiger partial charge is 0.186 e. The molecule has 0 aromatic heterocycles. The van der Waals surface area contributed by atoms with E-state index >= 15 is 0 Å². The molecule has 1 aromatic carbocycles. The van der Waals surface area contributed by atoms with Crippen LogP contribution in [0.5, 0.6) is 5.75 Å². The molecule has 0 saturated carbocycles. The second kappa shape index (κ2) is 7.10. The zero-order valence-corrected chi connectivity index (χ0v) is 13.6. The molecule has 0 bridgehead atoms. The van der Waals surface area contributed by atoms with Gasteiger partial charge in [0.15, 0.2) is 11.1 Å². The fraction of sp³-hybridized carbons (Fsp3) is 0.333. The molecule has 2 atom stereocenters. The summed E-state index contributed by atoms with van der Waals surface area (Å²) in [6, 6.07) is 4.80. The Hall–Kier alpha value is 0.570. The van der Waals surface area contributed by atoms with Crippen LogP contribution in [-0.4, -0.2) is 25.5 Å². The lowest BCUT2D eigenvalue weighted by Crippen LogP contribution is -2.12. The van der Waals surface area contributed by atoms with Gasteiger partial charge in [0.05, 0.1) is 14.2 Å². The van der Waals surface area contributed by atoms with Gasteiger partial charge < -0.3 is 9.29 Å². The van der Waals surface area contributed by atoms with Crippen molar-refractivity contribution in [2.24, 2.45) is 0 Å². The van der Waals surface area contributed by atoms with Gasteiger partial charge in [0.25, 0.3) is 0 Å². The van der Waals surface area contributed by atoms with Gasteiger partial charge in [-0.15, -0.1) is 0 Å². The Balaban J connectivity index is 2.72. The van der Waals surface area contributed by atoms with Crippen LogP contribution in [0.25, 0.3) is 0 Å². The molecule has 0 radical (unpaired) electrons. The average Bonchev–Trinajstić information content (AvgIpc) is 2.26. The molecule has 0 heterocycles. The van der Waals surface area contributed by atoms with E-state index in [4.69, 9.17) is 9.29 Å². The van der Waals surface area contributed by atoms with E-state index in [9.17, 15) is 4.21 Å². The fourth-order valence-corrected chi connectivity index (χ4v) is 2.30. The number of rotatable bonds is 5. The molecule has 0 aliphatic carbocycles. The van der Waals surface area contributed by atoms with Crippen LogP contribution >= 0.6 is 47.8 Å². The van der Waals surface area contributed by atoms with E-state index in [2.05, 4.69) is 47.8 Å². The van der Waals surface area contributed by atoms with E-state index in [1.165, 1.54) is 0 Å². The molecule has 1 aromatic rings. The predicted octanol–water partition coefficient (Wildman–Crippen LogP) is 3.57. The lowest BCUT2D eigenvalue weighted by molar-refractivity contribution is 0.323. The Labute approximate surface area is 122 Å². The molecule has 1 N–H and O–H groups in total. The number of alkyl halides is 2. The van der Waals surface area contributed by atoms with Crippen LogP contribution in [0.15, 0.2) is 27.6 Å². The van der Waals surface area contributed by atoms with E-state index in [-0.39, 0.29) is 4.83 Å². The summed E-state index contributed by atoms with van der Waals surface area (Å²) < 4.78 is 25.9. The highest BCUT2D eigenvalue weighted by Crippen LogP contribution is 2.27. The third-order valence-corrected chi connectivity index (χ3v) is 5.21. The van der Waals surface area contributed by atoms with Crippen LogP contribution in [0.3, 0.4) is 0 Å². The van der Waals surface area contributed by atoms with Crippen molar-refractivity contribution in [2.75, 3.05) is 11.9 Å². The summed E-state index contributed by atoms with van der Waals surface area (Å²) in [6.45, 7) is 0.519. The molecular weight excluding hydrogens is 428 g/mol. The largest absolute Gasteiger partial charge is 0.491 e. The summed E-state index contributed by atoms with van der Waals surface area (Å²) in [7, 11) is 0. The number of hydrogen-bond acceptors (Lipinski definition) is 2. The highest BCUT2D eigenvalue weighted by molar-refractivity contribution is 9.12. The lowest BCUT2D eigenvalue weighted by Gasteiger charge is -2.11. The molecule has 3 nitrogen and oxygen atoms in total. The maximum atomic E-state index is 10.8. The van der Waals surface area contributed by atoms with Gasteiger partial charge in [-0.25, -0.2) is 4.21 Å². The summed E-state index contributed by atoms with van der Waals surface area (Å²) in [4.78, 5) is 0.571. The van der Waals surface area contributed by atoms with Crippen molar-refractivity contribution < 1.29 is 13.5 Å². The second-order valence-electron chi connectivity index (χ2n) is 2.90. The predicted molar refractivity (Wildman–Crippen MR) is 75.2 cm³/mol. The van der Waals surface area contributed by atoms with Gasteiger partial charge in [-0.2, -0.15) is 0 Å². The number of ether oxygens (including phenoxy) is 1. The zero-order chi connectivity index (χ0) is 12.1. The Morgan fingerprint density at radius 3 is 2.69 bits per heavy atom. The van der Waals surface area contributed by atoms with Gasteiger partial charge in [0.2, 0.25) is 0 Å². The van der Waals surface area contributed by atoms with Crippen molar-refractivity contribution in [3.05, 3.63) is 22.7 Å². The van der Waals surface area contributed by atoms with E-state index < -0.39 is 11.1 Å². The number of benzene rings is 1. The fourth-order valence-electron chi connectivity index (χ4n) is 0.932. The first-order chi connectivity index (χ1) is 7.54. The summed E-state index contributed by atoms with van der Waals surface area (Å²) in [5, 5.41) is 0.795. The summed E-state index contributed by atoms with van der Waals surface area (Å²) in [5.41, 5.74) is 0. The summed E-state index contributed by atoms with van der Waals surface area (Å²) >= 11 is 8.07. The first-order valence-corrected chi connectivity index (χ1v) is 8.21. The van der Waals surface area contributed by atoms with Crippen molar-refractivity contribution in [3.63, 3.8) is 0 Å². The Morgan fingerprint density at radius 1 is 1.50 bits per heavy atom. The van der Waals surface area contributed by atoms with E-state index in [1.807, 2.05) is 0 Å². The van der Waals surface area contributed by atoms with Gasteiger partial charge in [0.1, 0.15) is 12.4 Å². The Kier molecular flexibility index (Phi) is 6.50. The maximum absolute atomic E-state index is 10.8. The third kappa shape index (κ3) is 4.44. The number of halogens is 3. The monoisotopic (exact) mass is 434 g/mol. The minimum atomic E-state index is -1.96. The zero-order valence-electron chi connectivity index (χ0n) is 8.03. The van der Waals surface area contributed by atoms with Crippen molar-refractivity contribution >= 4 is 58.9 Å². The molecule has 90 valence electrons. The third-order valence-electron chi connectivity index (χ3n) is 1.69. The second-order valence-corrected chi connectivity index (χ2v) is 6.67. The quantitative estimate of drug-likeness (QED) is 0.567. The van der Waals surface area contributed by atoms with E-state index in [0.717, 1.165) is 5.33 Å². The van der Waals surface area contributed by atoms with E-state index in [1.54, 1.807) is 18.2 Å². The standard InChI is InChI=1S/C9H9Br3O3S/c10-4-6(11)5-15-9-2-1-7(16(13)14)3-8(9)12/h1-3,6H,4-5H2,(H,13,14). The van der Waals surface area contributed by atoms with Crippen molar-refractivity contribution in [1.82, 2.24) is 0 Å². The van der Waals surface area contributed by atoms with Gasteiger partial charge in [0, 0.05) is 5.33 Å². The Bertz CT molecular complexity index is 386. The summed E-state index contributed by atoms with van der Waals surface area (Å²) in [5.74, 6) is 0.652. The maximum Gasteiger partial charge on any atom is 0.186 e. The van der Waals surface area contributed by atoms with Crippen molar-refractivity contribution in [1.29, 1.82) is 0 Å². The highest BCUT2D eigenvalue weighted by atomic mass is 79.9. The topological polar surface area (TPSA) is 46.5 Å². The van der Waals surface area contributed by atoms with Crippen LogP contribution in [0.2, 0.25) is 0 Å². The average molecular weight is 437 g/mol. The first kappa shape index (κ1) is 14.6. The molecule has 16 heavy (non-hydrogen) atoms. The van der Waals surface area contributed by atoms with Crippen LogP contribution < -0.4 is 4.74 Å². The van der Waals surface area contributed by atoms with Crippen molar-refractivity contribution in [2.45, 2.75) is 9.72 Å². The molecular formula is C9H9Br3O3S. The van der Waals surface area contributed by atoms with Crippen molar-refractivity contribution in [3.8, 4) is 5.75 Å². The van der Waals surface area contributed by atoms with E-state index in [0.29, 0.717) is 21.7 Å². The summed E-state index contributed by atoms with van der Waals surface area (Å²) in [6.07, 6.45) is 0. The Morgan fingerprint density at radius 2 is 2.19 bits per heavy atom. The van der Waals surface area contributed by atoms with Gasteiger partial charge >= 0.3 is 0 Å². The normalized spacial score (nSPS) is 14.5. The molecule has 7 heteroatoms. The molecule has 0 aliphatic heterocycles. The number of hydrogen-bond donors (Lipinski definition) is 1. The highest BCUT2D eigenvalue weighted by Gasteiger charge is 2.08. The van der Waals surface area contributed by atoms with Crippen LogP contribution in [0.4, 0.5) is 0 Å². The molecule has 0 spiro atoms. The van der Waals surface area contributed by atoms with Gasteiger partial charge in [-0.3, -0.25) is 0 Å². The minimum Gasteiger partial charge on any atom is -0.491 e. The molecule has 2 unspecified atom stereocenters. The molecule has 0 amide bonds. The SMILES string of the molecule is O=S(O)c1ccc(OCC(Br)CBr)c(Br)c1. The first-order valence-electron chi connectivity index (χ1n) is 4.28. The minimum absolute atomic E-state index is 0.228. The molecule has 0 saturated heterocycles. The molecule has 0 aliphatic rings.